The third-order valence-corrected chi connectivity index (χ3v) is 3.05. The van der Waals surface area contributed by atoms with Crippen molar-refractivity contribution in [1.29, 1.82) is 0 Å². The Labute approximate surface area is 97.1 Å². The molecule has 1 aliphatic rings. The highest BCUT2D eigenvalue weighted by Crippen LogP contribution is 2.24. The van der Waals surface area contributed by atoms with Gasteiger partial charge in [0.15, 0.2) is 0 Å². The lowest BCUT2D eigenvalue weighted by Gasteiger charge is -2.06. The zero-order valence-corrected chi connectivity index (χ0v) is 10.0. The third-order valence-electron chi connectivity index (χ3n) is 3.05. The number of carbonyl (C=O) groups excluding carboxylic acids is 1. The van der Waals surface area contributed by atoms with Gasteiger partial charge < -0.3 is 5.32 Å². The molecule has 1 N–H and O–H groups in total. The summed E-state index contributed by atoms with van der Waals surface area (Å²) in [6.07, 6.45) is 4.15. The molecular formula is C14H19NO. The van der Waals surface area contributed by atoms with E-state index >= 15 is 0 Å². The summed E-state index contributed by atoms with van der Waals surface area (Å²) in [6, 6.07) is 6.36. The summed E-state index contributed by atoms with van der Waals surface area (Å²) in [6.45, 7) is 4.51. The van der Waals surface area contributed by atoms with Crippen molar-refractivity contribution in [2.45, 2.75) is 39.5 Å². The zero-order valence-electron chi connectivity index (χ0n) is 10.0. The summed E-state index contributed by atoms with van der Waals surface area (Å²) in [7, 11) is 0. The third kappa shape index (κ3) is 2.63. The fraction of sp³-hybridized carbons (Fsp3) is 0.500. The van der Waals surface area contributed by atoms with Crippen LogP contribution in [0.1, 0.15) is 37.8 Å². The SMILES string of the molecule is CC(C)CCCc1ccc2c(c1)NC(=O)C2. The molecule has 1 heterocycles. The second-order valence-corrected chi connectivity index (χ2v) is 5.00. The second-order valence-electron chi connectivity index (χ2n) is 5.00. The molecule has 1 aromatic carbocycles. The molecule has 1 aliphatic heterocycles. The van der Waals surface area contributed by atoms with Gasteiger partial charge >= 0.3 is 0 Å². The van der Waals surface area contributed by atoms with E-state index in [0.29, 0.717) is 6.42 Å². The lowest BCUT2D eigenvalue weighted by molar-refractivity contribution is -0.115. The van der Waals surface area contributed by atoms with Gasteiger partial charge in [-0.3, -0.25) is 4.79 Å². The van der Waals surface area contributed by atoms with Crippen LogP contribution in [0, 0.1) is 5.92 Å². The van der Waals surface area contributed by atoms with E-state index in [1.54, 1.807) is 0 Å². The monoisotopic (exact) mass is 217 g/mol. The maximum Gasteiger partial charge on any atom is 0.228 e. The Bertz CT molecular complexity index is 396. The Morgan fingerprint density at radius 1 is 1.38 bits per heavy atom. The molecule has 0 aromatic heterocycles. The van der Waals surface area contributed by atoms with Crippen LogP contribution >= 0.6 is 0 Å². The van der Waals surface area contributed by atoms with Gasteiger partial charge in [-0.15, -0.1) is 0 Å². The van der Waals surface area contributed by atoms with Crippen molar-refractivity contribution >= 4 is 11.6 Å². The van der Waals surface area contributed by atoms with Crippen LogP contribution in [-0.2, 0) is 17.6 Å². The fourth-order valence-corrected chi connectivity index (χ4v) is 2.13. The van der Waals surface area contributed by atoms with E-state index in [9.17, 15) is 4.79 Å². The topological polar surface area (TPSA) is 29.1 Å². The predicted molar refractivity (Wildman–Crippen MR) is 66.6 cm³/mol. The van der Waals surface area contributed by atoms with Gasteiger partial charge in [0, 0.05) is 5.69 Å². The molecule has 1 amide bonds. The Balaban J connectivity index is 1.97. The van der Waals surface area contributed by atoms with Crippen LogP contribution in [0.2, 0.25) is 0 Å². The Morgan fingerprint density at radius 3 is 2.94 bits per heavy atom. The fourth-order valence-electron chi connectivity index (χ4n) is 2.13. The van der Waals surface area contributed by atoms with Crippen LogP contribution in [0.4, 0.5) is 5.69 Å². The molecule has 0 radical (unpaired) electrons. The number of nitrogens with one attached hydrogen (secondary N) is 1. The van der Waals surface area contributed by atoms with Crippen molar-refractivity contribution in [3.8, 4) is 0 Å². The van der Waals surface area contributed by atoms with E-state index in [1.807, 2.05) is 0 Å². The van der Waals surface area contributed by atoms with Crippen molar-refractivity contribution in [3.63, 3.8) is 0 Å². The van der Waals surface area contributed by atoms with Gasteiger partial charge in [-0.2, -0.15) is 0 Å². The molecule has 0 aliphatic carbocycles. The normalized spacial score (nSPS) is 14.1. The van der Waals surface area contributed by atoms with Crippen LogP contribution in [0.25, 0.3) is 0 Å². The first-order valence-electron chi connectivity index (χ1n) is 6.07. The number of hydrogen-bond donors (Lipinski definition) is 1. The first-order chi connectivity index (χ1) is 7.65. The number of aryl methyl sites for hydroxylation is 1. The molecule has 0 saturated carbocycles. The molecule has 0 atom stereocenters. The molecule has 0 spiro atoms. The molecule has 0 bridgehead atoms. The van der Waals surface area contributed by atoms with Crippen molar-refractivity contribution in [2.24, 2.45) is 5.92 Å². The molecule has 2 nitrogen and oxygen atoms in total. The first kappa shape index (κ1) is 11.2. The predicted octanol–water partition coefficient (Wildman–Crippen LogP) is 3.16. The molecule has 86 valence electrons. The largest absolute Gasteiger partial charge is 0.326 e. The maximum atomic E-state index is 11.2. The summed E-state index contributed by atoms with van der Waals surface area (Å²) in [5, 5.41) is 2.90. The minimum absolute atomic E-state index is 0.120. The smallest absolute Gasteiger partial charge is 0.228 e. The van der Waals surface area contributed by atoms with Crippen molar-refractivity contribution in [1.82, 2.24) is 0 Å². The van der Waals surface area contributed by atoms with Crippen LogP contribution < -0.4 is 5.32 Å². The molecule has 1 aromatic rings. The highest BCUT2D eigenvalue weighted by molar-refractivity contribution is 5.99. The van der Waals surface area contributed by atoms with Gasteiger partial charge in [-0.25, -0.2) is 0 Å². The average Bonchev–Trinajstić information content (AvgIpc) is 2.56. The summed E-state index contributed by atoms with van der Waals surface area (Å²) < 4.78 is 0. The van der Waals surface area contributed by atoms with Gasteiger partial charge in [0.25, 0.3) is 0 Å². The van der Waals surface area contributed by atoms with Crippen molar-refractivity contribution in [3.05, 3.63) is 29.3 Å². The number of anilines is 1. The number of fused-ring (bicyclic) bond motifs is 1. The Morgan fingerprint density at radius 2 is 2.19 bits per heavy atom. The summed E-state index contributed by atoms with van der Waals surface area (Å²) in [5.74, 6) is 0.892. The van der Waals surface area contributed by atoms with Crippen LogP contribution in [0.3, 0.4) is 0 Å². The summed E-state index contributed by atoms with van der Waals surface area (Å²) in [5.41, 5.74) is 3.49. The van der Waals surface area contributed by atoms with Gasteiger partial charge in [-0.05, 0) is 36.0 Å². The molecule has 2 rings (SSSR count). The minimum atomic E-state index is 0.120. The zero-order chi connectivity index (χ0) is 11.5. The van der Waals surface area contributed by atoms with E-state index in [0.717, 1.165) is 23.6 Å². The first-order valence-corrected chi connectivity index (χ1v) is 6.07. The van der Waals surface area contributed by atoms with Crippen LogP contribution in [0.15, 0.2) is 18.2 Å². The molecule has 0 unspecified atom stereocenters. The highest BCUT2D eigenvalue weighted by Gasteiger charge is 2.16. The number of carbonyl (C=O) groups is 1. The number of rotatable bonds is 4. The highest BCUT2D eigenvalue weighted by atomic mass is 16.1. The van der Waals surface area contributed by atoms with E-state index in [2.05, 4.69) is 37.4 Å². The van der Waals surface area contributed by atoms with E-state index < -0.39 is 0 Å². The van der Waals surface area contributed by atoms with Crippen LogP contribution in [0.5, 0.6) is 0 Å². The Kier molecular flexibility index (Phi) is 3.28. The molecule has 16 heavy (non-hydrogen) atoms. The molecular weight excluding hydrogens is 198 g/mol. The second kappa shape index (κ2) is 4.69. The molecule has 2 heteroatoms. The van der Waals surface area contributed by atoms with Crippen LogP contribution in [-0.4, -0.2) is 5.91 Å². The van der Waals surface area contributed by atoms with Gasteiger partial charge in [0.05, 0.1) is 6.42 Å². The average molecular weight is 217 g/mol. The van der Waals surface area contributed by atoms with Crippen molar-refractivity contribution in [2.75, 3.05) is 5.32 Å². The standard InChI is InChI=1S/C14H19NO/c1-10(2)4-3-5-11-6-7-12-9-14(16)15-13(12)8-11/h6-8,10H,3-5,9H2,1-2H3,(H,15,16). The molecule has 0 saturated heterocycles. The number of amides is 1. The Hall–Kier alpha value is -1.31. The number of hydrogen-bond acceptors (Lipinski definition) is 1. The lowest BCUT2D eigenvalue weighted by Crippen LogP contribution is -2.03. The summed E-state index contributed by atoms with van der Waals surface area (Å²) in [4.78, 5) is 11.2. The van der Waals surface area contributed by atoms with Gasteiger partial charge in [-0.1, -0.05) is 32.4 Å². The quantitative estimate of drug-likeness (QED) is 0.824. The van der Waals surface area contributed by atoms with E-state index in [1.165, 1.54) is 18.4 Å². The van der Waals surface area contributed by atoms with Crippen molar-refractivity contribution < 1.29 is 4.79 Å². The molecule has 0 fully saturated rings. The van der Waals surface area contributed by atoms with E-state index in [-0.39, 0.29) is 5.91 Å². The maximum absolute atomic E-state index is 11.2. The van der Waals surface area contributed by atoms with E-state index in [4.69, 9.17) is 0 Å². The summed E-state index contributed by atoms with van der Waals surface area (Å²) >= 11 is 0. The van der Waals surface area contributed by atoms with Gasteiger partial charge in [0.2, 0.25) is 5.91 Å². The minimum Gasteiger partial charge on any atom is -0.326 e. The lowest BCUT2D eigenvalue weighted by atomic mass is 10.0. The van der Waals surface area contributed by atoms with Gasteiger partial charge in [0.1, 0.15) is 0 Å². The number of benzene rings is 1.